The molecular formula is C16H20N2O3S3. The predicted octanol–water partition coefficient (Wildman–Crippen LogP) is 3.26. The molecule has 130 valence electrons. The highest BCUT2D eigenvalue weighted by atomic mass is 32.2. The number of nitrogens with one attached hydrogen (secondary N) is 2. The number of rotatable bonds is 5. The number of amides is 1. The van der Waals surface area contributed by atoms with Crippen molar-refractivity contribution >= 4 is 38.6 Å². The monoisotopic (exact) mass is 384 g/mol. The van der Waals surface area contributed by atoms with Crippen molar-refractivity contribution in [1.29, 1.82) is 0 Å². The molecule has 0 saturated heterocycles. The van der Waals surface area contributed by atoms with Crippen LogP contribution in [0.4, 0.5) is 0 Å². The Balaban J connectivity index is 1.67. The second kappa shape index (κ2) is 6.95. The smallest absolute Gasteiger partial charge is 0.273 e. The van der Waals surface area contributed by atoms with Gasteiger partial charge >= 0.3 is 0 Å². The third-order valence-electron chi connectivity index (χ3n) is 4.27. The zero-order valence-electron chi connectivity index (χ0n) is 13.6. The molecule has 1 aliphatic rings. The molecule has 1 aliphatic carbocycles. The molecule has 0 aromatic carbocycles. The molecule has 1 atom stereocenters. The maximum absolute atomic E-state index is 12.3. The highest BCUT2D eigenvalue weighted by molar-refractivity contribution is 7.91. The Bertz CT molecular complexity index is 852. The lowest BCUT2D eigenvalue weighted by Crippen LogP contribution is -2.40. The minimum atomic E-state index is -3.72. The predicted molar refractivity (Wildman–Crippen MR) is 97.0 cm³/mol. The van der Waals surface area contributed by atoms with Crippen molar-refractivity contribution in [3.05, 3.63) is 38.4 Å². The molecular weight excluding hydrogens is 364 g/mol. The highest BCUT2D eigenvalue weighted by Crippen LogP contribution is 2.33. The Hall–Kier alpha value is -1.22. The third kappa shape index (κ3) is 3.72. The minimum absolute atomic E-state index is 0.191. The van der Waals surface area contributed by atoms with Gasteiger partial charge in [0, 0.05) is 9.75 Å². The van der Waals surface area contributed by atoms with Crippen LogP contribution >= 0.6 is 22.7 Å². The van der Waals surface area contributed by atoms with E-state index in [0.717, 1.165) is 30.6 Å². The summed E-state index contributed by atoms with van der Waals surface area (Å²) >= 11 is 2.63. The fraction of sp³-hybridized carbons (Fsp3) is 0.438. The van der Waals surface area contributed by atoms with Crippen LogP contribution in [0.25, 0.3) is 0 Å². The number of aryl methyl sites for hydroxylation is 2. The first-order valence-electron chi connectivity index (χ1n) is 7.89. The van der Waals surface area contributed by atoms with Gasteiger partial charge in [0.25, 0.3) is 15.9 Å². The third-order valence-corrected chi connectivity index (χ3v) is 8.24. The van der Waals surface area contributed by atoms with Crippen LogP contribution in [-0.2, 0) is 22.9 Å². The van der Waals surface area contributed by atoms with Crippen LogP contribution in [-0.4, -0.2) is 14.3 Å². The molecule has 3 rings (SSSR count). The molecule has 2 aromatic heterocycles. The van der Waals surface area contributed by atoms with E-state index >= 15 is 0 Å². The van der Waals surface area contributed by atoms with E-state index in [1.165, 1.54) is 39.2 Å². The average molecular weight is 385 g/mol. The zero-order valence-corrected chi connectivity index (χ0v) is 16.0. The largest absolute Gasteiger partial charge is 0.276 e. The van der Waals surface area contributed by atoms with E-state index in [9.17, 15) is 13.2 Å². The molecule has 0 bridgehead atoms. The van der Waals surface area contributed by atoms with Crippen molar-refractivity contribution < 1.29 is 13.2 Å². The van der Waals surface area contributed by atoms with Crippen molar-refractivity contribution in [3.63, 3.8) is 0 Å². The molecule has 0 radical (unpaired) electrons. The molecule has 0 saturated carbocycles. The molecule has 1 amide bonds. The van der Waals surface area contributed by atoms with Gasteiger partial charge in [-0.1, -0.05) is 13.3 Å². The Morgan fingerprint density at radius 1 is 1.33 bits per heavy atom. The minimum Gasteiger partial charge on any atom is -0.273 e. The molecule has 0 spiro atoms. The molecule has 8 heteroatoms. The molecule has 0 fully saturated rings. The topological polar surface area (TPSA) is 75.3 Å². The maximum atomic E-state index is 12.3. The zero-order chi connectivity index (χ0) is 17.3. The molecule has 2 aromatic rings. The number of thiophene rings is 2. The molecule has 24 heavy (non-hydrogen) atoms. The normalized spacial score (nSPS) is 17.5. The van der Waals surface area contributed by atoms with Gasteiger partial charge in [0.05, 0.1) is 4.88 Å². The van der Waals surface area contributed by atoms with Gasteiger partial charge in [0.1, 0.15) is 4.21 Å². The van der Waals surface area contributed by atoms with Gasteiger partial charge in [0.15, 0.2) is 0 Å². The fourth-order valence-electron chi connectivity index (χ4n) is 2.84. The second-order valence-corrected chi connectivity index (χ2v) is 10.3. The van der Waals surface area contributed by atoms with Gasteiger partial charge in [0.2, 0.25) is 0 Å². The summed E-state index contributed by atoms with van der Waals surface area (Å²) in [6.07, 6.45) is 4.33. The summed E-state index contributed by atoms with van der Waals surface area (Å²) in [5.74, 6) is 0.280. The molecule has 2 heterocycles. The summed E-state index contributed by atoms with van der Waals surface area (Å²) < 4.78 is 24.5. The van der Waals surface area contributed by atoms with Gasteiger partial charge in [-0.25, -0.2) is 8.42 Å². The van der Waals surface area contributed by atoms with Gasteiger partial charge in [-0.05, 0) is 55.9 Å². The number of fused-ring (bicyclic) bond motifs is 1. The van der Waals surface area contributed by atoms with E-state index < -0.39 is 15.9 Å². The average Bonchev–Trinajstić information content (AvgIpc) is 3.18. The standard InChI is InChI=1S/C16H20N2O3S3/c1-3-11-5-6-13-12(8-11)9-14(23-13)16(19)17-18-24(20,21)15-7-4-10(2)22-15/h4,7,9,11,18H,3,5-6,8H2,1-2H3,(H,17,19). The van der Waals surface area contributed by atoms with Crippen molar-refractivity contribution in [2.75, 3.05) is 0 Å². The summed E-state index contributed by atoms with van der Waals surface area (Å²) in [7, 11) is -3.72. The fourth-order valence-corrected chi connectivity index (χ4v) is 6.07. The lowest BCUT2D eigenvalue weighted by Gasteiger charge is -2.19. The lowest BCUT2D eigenvalue weighted by atomic mass is 9.87. The van der Waals surface area contributed by atoms with Gasteiger partial charge in [-0.3, -0.25) is 10.2 Å². The number of sulfonamides is 1. The summed E-state index contributed by atoms with van der Waals surface area (Å²) in [6.45, 7) is 4.03. The summed E-state index contributed by atoms with van der Waals surface area (Å²) in [5, 5.41) is 0. The summed E-state index contributed by atoms with van der Waals surface area (Å²) in [5.41, 5.74) is 3.56. The second-order valence-electron chi connectivity index (χ2n) is 6.00. The van der Waals surface area contributed by atoms with E-state index in [2.05, 4.69) is 17.2 Å². The van der Waals surface area contributed by atoms with E-state index in [4.69, 9.17) is 0 Å². The van der Waals surface area contributed by atoms with Crippen molar-refractivity contribution in [2.24, 2.45) is 5.92 Å². The number of hydrogen-bond donors (Lipinski definition) is 2. The van der Waals surface area contributed by atoms with Crippen LogP contribution < -0.4 is 10.3 Å². The van der Waals surface area contributed by atoms with Gasteiger partial charge < -0.3 is 0 Å². The summed E-state index contributed by atoms with van der Waals surface area (Å²) in [4.78, 5) is 17.2. The molecule has 5 nitrogen and oxygen atoms in total. The number of carbonyl (C=O) groups is 1. The van der Waals surface area contributed by atoms with Crippen molar-refractivity contribution in [1.82, 2.24) is 10.3 Å². The van der Waals surface area contributed by atoms with Crippen LogP contribution in [0.5, 0.6) is 0 Å². The van der Waals surface area contributed by atoms with Crippen LogP contribution in [0.2, 0.25) is 0 Å². The number of carbonyl (C=O) groups excluding carboxylic acids is 1. The van der Waals surface area contributed by atoms with Crippen LogP contribution in [0, 0.1) is 12.8 Å². The van der Waals surface area contributed by atoms with E-state index in [1.807, 2.05) is 13.0 Å². The van der Waals surface area contributed by atoms with Crippen LogP contribution in [0.15, 0.2) is 22.4 Å². The first-order chi connectivity index (χ1) is 11.4. The molecule has 1 unspecified atom stereocenters. The first-order valence-corrected chi connectivity index (χ1v) is 11.0. The van der Waals surface area contributed by atoms with Crippen molar-refractivity contribution in [2.45, 2.75) is 43.7 Å². The molecule has 0 aliphatic heterocycles. The van der Waals surface area contributed by atoms with Crippen molar-refractivity contribution in [3.8, 4) is 0 Å². The first kappa shape index (κ1) is 17.6. The van der Waals surface area contributed by atoms with E-state index in [0.29, 0.717) is 10.8 Å². The van der Waals surface area contributed by atoms with Crippen LogP contribution in [0.1, 0.15) is 44.8 Å². The maximum Gasteiger partial charge on any atom is 0.276 e. The summed E-state index contributed by atoms with van der Waals surface area (Å²) in [6, 6.07) is 5.17. The van der Waals surface area contributed by atoms with Gasteiger partial charge in [-0.2, -0.15) is 0 Å². The Labute approximate surface area is 150 Å². The van der Waals surface area contributed by atoms with Gasteiger partial charge in [-0.15, -0.1) is 27.5 Å². The molecule has 2 N–H and O–H groups in total. The highest BCUT2D eigenvalue weighted by Gasteiger charge is 2.23. The quantitative estimate of drug-likeness (QED) is 0.777. The van der Waals surface area contributed by atoms with E-state index in [1.54, 1.807) is 6.07 Å². The Morgan fingerprint density at radius 2 is 2.12 bits per heavy atom. The SMILES string of the molecule is CCC1CCc2sc(C(=O)NNS(=O)(=O)c3ccc(C)s3)cc2C1. The van der Waals surface area contributed by atoms with Crippen LogP contribution in [0.3, 0.4) is 0 Å². The Morgan fingerprint density at radius 3 is 2.79 bits per heavy atom. The van der Waals surface area contributed by atoms with E-state index in [-0.39, 0.29) is 4.21 Å². The Kier molecular flexibility index (Phi) is 5.10. The lowest BCUT2D eigenvalue weighted by molar-refractivity contribution is 0.0949. The number of hydrazine groups is 1. The number of hydrogen-bond acceptors (Lipinski definition) is 5.